The van der Waals surface area contributed by atoms with Gasteiger partial charge in [-0.1, -0.05) is 52.0 Å². The number of aliphatic carboxylic acids is 1. The quantitative estimate of drug-likeness (QED) is 0.331. The fraction of sp³-hybridized carbons (Fsp3) is 0.500. The van der Waals surface area contributed by atoms with Crippen molar-refractivity contribution in [3.8, 4) is 5.75 Å². The summed E-state index contributed by atoms with van der Waals surface area (Å²) in [6.45, 7) is 14.1. The Labute approximate surface area is 222 Å². The highest BCUT2D eigenvalue weighted by molar-refractivity contribution is 5.68. The SMILES string of the molecule is C=N/C=C\N(C)CC(CC(=O)O)c1ccc(OCc2cc3c(cc2C2CC2)C(C)(C)CCC3(C)C)cc1. The lowest BCUT2D eigenvalue weighted by molar-refractivity contribution is -0.137. The minimum atomic E-state index is -0.810. The fourth-order valence-electron chi connectivity index (χ4n) is 5.64. The second-order valence-electron chi connectivity index (χ2n) is 12.2. The van der Waals surface area contributed by atoms with Crippen molar-refractivity contribution in [3.05, 3.63) is 76.6 Å². The van der Waals surface area contributed by atoms with Gasteiger partial charge in [0.05, 0.1) is 6.42 Å². The van der Waals surface area contributed by atoms with E-state index in [-0.39, 0.29) is 23.2 Å². The maximum atomic E-state index is 11.5. The number of hydrogen-bond acceptors (Lipinski definition) is 4. The first-order valence-electron chi connectivity index (χ1n) is 13.5. The molecule has 0 amide bonds. The number of hydrogen-bond donors (Lipinski definition) is 1. The summed E-state index contributed by atoms with van der Waals surface area (Å²) in [7, 11) is 1.91. The smallest absolute Gasteiger partial charge is 0.304 e. The monoisotopic (exact) mass is 502 g/mol. The van der Waals surface area contributed by atoms with Crippen LogP contribution in [-0.2, 0) is 22.2 Å². The zero-order chi connectivity index (χ0) is 26.8. The van der Waals surface area contributed by atoms with Crippen LogP contribution in [0.25, 0.3) is 0 Å². The molecule has 4 rings (SSSR count). The number of nitrogens with zero attached hydrogens (tertiary/aromatic N) is 2. The second-order valence-corrected chi connectivity index (χ2v) is 12.2. The van der Waals surface area contributed by atoms with Crippen LogP contribution in [-0.4, -0.2) is 36.3 Å². The molecular weight excluding hydrogens is 460 g/mol. The Morgan fingerprint density at radius 2 is 1.76 bits per heavy atom. The number of carbonyl (C=O) groups is 1. The van der Waals surface area contributed by atoms with Crippen LogP contribution in [0.15, 0.2) is 53.8 Å². The molecule has 0 saturated heterocycles. The van der Waals surface area contributed by atoms with Gasteiger partial charge in [0.15, 0.2) is 0 Å². The molecule has 0 heterocycles. The minimum Gasteiger partial charge on any atom is -0.489 e. The van der Waals surface area contributed by atoms with Gasteiger partial charge in [-0.25, -0.2) is 0 Å². The lowest BCUT2D eigenvalue weighted by Crippen LogP contribution is -2.34. The number of aliphatic imine (C=N–C) groups is 1. The number of benzene rings is 2. The lowest BCUT2D eigenvalue weighted by atomic mass is 9.62. The molecule has 37 heavy (non-hydrogen) atoms. The number of carboxylic acid groups (broad SMARTS) is 1. The van der Waals surface area contributed by atoms with Gasteiger partial charge in [0, 0.05) is 31.9 Å². The number of likely N-dealkylation sites (N-methyl/N-ethyl adjacent to an activating group) is 1. The molecule has 1 fully saturated rings. The van der Waals surface area contributed by atoms with E-state index in [0.29, 0.717) is 19.1 Å². The van der Waals surface area contributed by atoms with Gasteiger partial charge < -0.3 is 14.7 Å². The highest BCUT2D eigenvalue weighted by Crippen LogP contribution is 2.50. The molecule has 1 N–H and O–H groups in total. The summed E-state index contributed by atoms with van der Waals surface area (Å²) < 4.78 is 6.31. The zero-order valence-electron chi connectivity index (χ0n) is 23.1. The van der Waals surface area contributed by atoms with Crippen molar-refractivity contribution < 1.29 is 14.6 Å². The summed E-state index contributed by atoms with van der Waals surface area (Å²) in [5, 5.41) is 9.44. The van der Waals surface area contributed by atoms with Crippen LogP contribution in [0.1, 0.15) is 99.5 Å². The average molecular weight is 503 g/mol. The fourth-order valence-corrected chi connectivity index (χ4v) is 5.64. The molecule has 0 aliphatic heterocycles. The summed E-state index contributed by atoms with van der Waals surface area (Å²) in [6.07, 6.45) is 8.42. The van der Waals surface area contributed by atoms with Gasteiger partial charge >= 0.3 is 5.97 Å². The Morgan fingerprint density at radius 1 is 1.14 bits per heavy atom. The van der Waals surface area contributed by atoms with Gasteiger partial charge in [-0.2, -0.15) is 0 Å². The summed E-state index contributed by atoms with van der Waals surface area (Å²) in [4.78, 5) is 17.2. The van der Waals surface area contributed by atoms with Crippen LogP contribution in [0, 0.1) is 0 Å². The van der Waals surface area contributed by atoms with Crippen LogP contribution >= 0.6 is 0 Å². The van der Waals surface area contributed by atoms with Crippen molar-refractivity contribution in [1.82, 2.24) is 4.90 Å². The maximum Gasteiger partial charge on any atom is 0.304 e. The molecule has 1 atom stereocenters. The molecule has 1 saturated carbocycles. The number of ether oxygens (including phenoxy) is 1. The molecule has 0 spiro atoms. The molecule has 5 heteroatoms. The molecule has 0 aromatic heterocycles. The Bertz CT molecular complexity index is 1160. The standard InChI is InChI=1S/C32H42N2O3/c1-31(2)13-14-32(3,4)29-19-27(23-7-8-23)25(17-28(29)31)21-37-26-11-9-22(10-12-26)24(18-30(35)36)20-34(6)16-15-33-5/h9-12,15-17,19,23-24H,5,7-8,13-14,18,20-21H2,1-4,6H3,(H,35,36)/b16-15-. The lowest BCUT2D eigenvalue weighted by Gasteiger charge is -2.42. The van der Waals surface area contributed by atoms with E-state index in [4.69, 9.17) is 4.74 Å². The molecule has 2 aromatic carbocycles. The molecule has 2 aliphatic carbocycles. The third-order valence-corrected chi connectivity index (χ3v) is 8.23. The molecule has 0 bridgehead atoms. The molecule has 2 aliphatic rings. The molecule has 2 aromatic rings. The largest absolute Gasteiger partial charge is 0.489 e. The first-order valence-corrected chi connectivity index (χ1v) is 13.5. The highest BCUT2D eigenvalue weighted by Gasteiger charge is 2.39. The van der Waals surface area contributed by atoms with E-state index < -0.39 is 5.97 Å². The van der Waals surface area contributed by atoms with Gasteiger partial charge in [-0.15, -0.1) is 0 Å². The molecule has 1 unspecified atom stereocenters. The van der Waals surface area contributed by atoms with Crippen LogP contribution < -0.4 is 4.74 Å². The zero-order valence-corrected chi connectivity index (χ0v) is 23.1. The Kier molecular flexibility index (Phi) is 7.82. The third kappa shape index (κ3) is 6.44. The predicted molar refractivity (Wildman–Crippen MR) is 151 cm³/mol. The number of rotatable bonds is 11. The summed E-state index contributed by atoms with van der Waals surface area (Å²) >= 11 is 0. The Morgan fingerprint density at radius 3 is 2.32 bits per heavy atom. The van der Waals surface area contributed by atoms with Crippen molar-refractivity contribution in [2.75, 3.05) is 13.6 Å². The van der Waals surface area contributed by atoms with Crippen molar-refractivity contribution in [1.29, 1.82) is 0 Å². The van der Waals surface area contributed by atoms with Crippen LogP contribution in [0.3, 0.4) is 0 Å². The van der Waals surface area contributed by atoms with Crippen molar-refractivity contribution in [3.63, 3.8) is 0 Å². The van der Waals surface area contributed by atoms with E-state index in [1.54, 1.807) is 12.4 Å². The predicted octanol–water partition coefficient (Wildman–Crippen LogP) is 7.15. The normalized spacial score (nSPS) is 18.7. The van der Waals surface area contributed by atoms with Crippen LogP contribution in [0.4, 0.5) is 0 Å². The van der Waals surface area contributed by atoms with E-state index in [1.807, 2.05) is 36.2 Å². The highest BCUT2D eigenvalue weighted by atomic mass is 16.5. The molecular formula is C32H42N2O3. The molecule has 0 radical (unpaired) electrons. The summed E-state index contributed by atoms with van der Waals surface area (Å²) in [5.41, 5.74) is 7.14. The molecule has 198 valence electrons. The van der Waals surface area contributed by atoms with E-state index >= 15 is 0 Å². The van der Waals surface area contributed by atoms with Crippen molar-refractivity contribution in [2.45, 2.75) is 89.1 Å². The Balaban J connectivity index is 1.52. The molecule has 5 nitrogen and oxygen atoms in total. The van der Waals surface area contributed by atoms with Gasteiger partial charge in [0.25, 0.3) is 0 Å². The van der Waals surface area contributed by atoms with Crippen LogP contribution in [0.2, 0.25) is 0 Å². The van der Waals surface area contributed by atoms with Gasteiger partial charge in [0.2, 0.25) is 0 Å². The minimum absolute atomic E-state index is 0.0614. The second kappa shape index (κ2) is 10.7. The maximum absolute atomic E-state index is 11.5. The third-order valence-electron chi connectivity index (χ3n) is 8.23. The van der Waals surface area contributed by atoms with Crippen LogP contribution in [0.5, 0.6) is 5.75 Å². The first kappa shape index (κ1) is 27.0. The van der Waals surface area contributed by atoms with Gasteiger partial charge in [-0.3, -0.25) is 9.79 Å². The van der Waals surface area contributed by atoms with E-state index in [2.05, 4.69) is 51.5 Å². The topological polar surface area (TPSA) is 62.1 Å². The van der Waals surface area contributed by atoms with E-state index in [0.717, 1.165) is 11.3 Å². The van der Waals surface area contributed by atoms with Crippen molar-refractivity contribution in [2.24, 2.45) is 4.99 Å². The summed E-state index contributed by atoms with van der Waals surface area (Å²) in [6, 6.07) is 12.8. The van der Waals surface area contributed by atoms with E-state index in [9.17, 15) is 9.90 Å². The van der Waals surface area contributed by atoms with Gasteiger partial charge in [0.1, 0.15) is 12.4 Å². The average Bonchev–Trinajstić information content (AvgIpc) is 3.69. The van der Waals surface area contributed by atoms with E-state index in [1.165, 1.54) is 47.9 Å². The number of carboxylic acids is 1. The van der Waals surface area contributed by atoms with Gasteiger partial charge in [-0.05, 0) is 89.1 Å². The first-order chi connectivity index (χ1) is 17.5. The number of fused-ring (bicyclic) bond motifs is 1. The summed E-state index contributed by atoms with van der Waals surface area (Å²) in [5.74, 6) is 0.515. The Hall–Kier alpha value is -3.08. The van der Waals surface area contributed by atoms with Crippen molar-refractivity contribution >= 4 is 12.7 Å².